The van der Waals surface area contributed by atoms with E-state index in [0.29, 0.717) is 11.5 Å². The van der Waals surface area contributed by atoms with Gasteiger partial charge in [0.05, 0.1) is 11.0 Å². The number of fused-ring (bicyclic) bond motifs is 7. The third kappa shape index (κ3) is 9.30. The van der Waals surface area contributed by atoms with Gasteiger partial charge in [-0.1, -0.05) is 171 Å². The second-order valence-corrected chi connectivity index (χ2v) is 23.9. The van der Waals surface area contributed by atoms with Gasteiger partial charge in [0.2, 0.25) is 0 Å². The van der Waals surface area contributed by atoms with E-state index in [-0.39, 0.29) is 37.3 Å². The maximum atomic E-state index is 6.77. The van der Waals surface area contributed by atoms with Crippen LogP contribution >= 0.6 is 0 Å². The van der Waals surface area contributed by atoms with Gasteiger partial charge >= 0.3 is 0 Å². The summed E-state index contributed by atoms with van der Waals surface area (Å²) in [6, 6.07) is 79.4. The Morgan fingerprint density at radius 2 is 1.05 bits per heavy atom. The van der Waals surface area contributed by atoms with Gasteiger partial charge in [0.1, 0.15) is 5.82 Å². The van der Waals surface area contributed by atoms with E-state index in [1.165, 1.54) is 49.6 Å². The Bertz CT molecular complexity index is 4250. The molecule has 4 heterocycles. The summed E-state index contributed by atoms with van der Waals surface area (Å²) in [5.74, 6) is 2.02. The molecule has 9 aromatic carbocycles. The summed E-state index contributed by atoms with van der Waals surface area (Å²) in [6.07, 6.45) is 1.92. The summed E-state index contributed by atoms with van der Waals surface area (Å²) in [6.45, 7) is 22.6. The van der Waals surface area contributed by atoms with Crippen LogP contribution in [-0.2, 0) is 37.3 Å². The summed E-state index contributed by atoms with van der Waals surface area (Å²) < 4.78 is 11.4. The molecule has 0 radical (unpaired) electrons. The predicted molar refractivity (Wildman–Crippen MR) is 326 cm³/mol. The topological polar surface area (TPSA) is 38.5 Å². The van der Waals surface area contributed by atoms with Gasteiger partial charge in [0.15, 0.2) is 0 Å². The van der Waals surface area contributed by atoms with E-state index in [2.05, 4.69) is 282 Å². The summed E-state index contributed by atoms with van der Waals surface area (Å²) in [4.78, 5) is 9.52. The van der Waals surface area contributed by atoms with Crippen molar-refractivity contribution in [3.8, 4) is 45.3 Å². The molecule has 3 aromatic heterocycles. The number of anilines is 4. The van der Waals surface area contributed by atoms with Crippen LogP contribution in [0.2, 0.25) is 0 Å². The molecule has 13 rings (SSSR count). The van der Waals surface area contributed by atoms with Crippen LogP contribution in [0.1, 0.15) is 79.0 Å². The molecule has 6 nitrogen and oxygen atoms in total. The molecule has 0 amide bonds. The number of hydrogen-bond donors (Lipinski definition) is 0. The van der Waals surface area contributed by atoms with Crippen molar-refractivity contribution < 1.29 is 25.8 Å². The van der Waals surface area contributed by atoms with Crippen LogP contribution in [0.3, 0.4) is 0 Å². The van der Waals surface area contributed by atoms with Crippen LogP contribution in [0.4, 0.5) is 22.7 Å². The molecule has 0 bridgehead atoms. The largest absolute Gasteiger partial charge is 0.509 e. The fourth-order valence-corrected chi connectivity index (χ4v) is 11.2. The zero-order valence-electron chi connectivity index (χ0n) is 46.2. The van der Waals surface area contributed by atoms with Gasteiger partial charge in [-0.25, -0.2) is 4.98 Å². The van der Waals surface area contributed by atoms with E-state index in [1.807, 2.05) is 24.4 Å². The van der Waals surface area contributed by atoms with Crippen LogP contribution in [0.25, 0.3) is 77.4 Å². The Balaban J connectivity index is 0.00000623. The maximum absolute atomic E-state index is 6.77. The Kier molecular flexibility index (Phi) is 12.8. The molecule has 0 fully saturated rings. The van der Waals surface area contributed by atoms with E-state index in [1.54, 1.807) is 0 Å². The van der Waals surface area contributed by atoms with Crippen LogP contribution in [0.15, 0.2) is 206 Å². The van der Waals surface area contributed by atoms with Crippen LogP contribution in [0.5, 0.6) is 11.5 Å². The second-order valence-electron chi connectivity index (χ2n) is 23.9. The predicted octanol–water partition coefficient (Wildman–Crippen LogP) is 19.3. The molecule has 7 heteroatoms. The number of benzene rings is 9. The van der Waals surface area contributed by atoms with Gasteiger partial charge in [0.25, 0.3) is 0 Å². The average Bonchev–Trinajstić information content (AvgIpc) is 4.26. The molecular formula is C72H62N5OPt-3. The normalized spacial score (nSPS) is 12.9. The quantitative estimate of drug-likeness (QED) is 0.142. The Morgan fingerprint density at radius 3 is 1.78 bits per heavy atom. The van der Waals surface area contributed by atoms with Crippen molar-refractivity contribution in [3.05, 3.63) is 242 Å². The van der Waals surface area contributed by atoms with Gasteiger partial charge < -0.3 is 23.7 Å². The molecule has 394 valence electrons. The van der Waals surface area contributed by atoms with Crippen LogP contribution < -0.4 is 14.5 Å². The third-order valence-corrected chi connectivity index (χ3v) is 15.5. The molecule has 1 aliphatic rings. The van der Waals surface area contributed by atoms with Crippen molar-refractivity contribution >= 4 is 66.4 Å². The zero-order chi connectivity index (χ0) is 53.7. The molecule has 12 aromatic rings. The number of ether oxygens (including phenoxy) is 1. The smallest absolute Gasteiger partial charge is 0.135 e. The van der Waals surface area contributed by atoms with Crippen molar-refractivity contribution in [2.24, 2.45) is 0 Å². The number of pyridine rings is 1. The van der Waals surface area contributed by atoms with Crippen molar-refractivity contribution in [2.45, 2.75) is 78.6 Å². The second kappa shape index (κ2) is 19.6. The van der Waals surface area contributed by atoms with Gasteiger partial charge in [-0.3, -0.25) is 0 Å². The van der Waals surface area contributed by atoms with Crippen molar-refractivity contribution in [1.82, 2.24) is 14.1 Å². The molecule has 79 heavy (non-hydrogen) atoms. The van der Waals surface area contributed by atoms with E-state index in [9.17, 15) is 0 Å². The average molecular weight is 1210 g/mol. The van der Waals surface area contributed by atoms with Crippen molar-refractivity contribution in [3.63, 3.8) is 0 Å². The number of para-hydroxylation sites is 4. The summed E-state index contributed by atoms with van der Waals surface area (Å²) in [5, 5.41) is 4.67. The van der Waals surface area contributed by atoms with Gasteiger partial charge in [-0.2, -0.15) is 12.1 Å². The first-order valence-corrected chi connectivity index (χ1v) is 27.1. The number of rotatable bonds is 8. The first kappa shape index (κ1) is 51.6. The standard InChI is InChI=1S/C72H62N5O.Pt/c1-70(2,3)50-37-38-73-68(43-50)77-63-36-33-49(47-29-31-48(32-30-47)58-24-18-28-66-69(58)60-23-13-14-25-62(60)76(66)53-19-11-10-12-20-53)39-61(63)59-35-34-57(45-67(59)77)78-56-22-17-21-54(44-56)74-46-75(65-27-16-15-26-64(65)74)55-41-51(71(4,5)6)40-52(42-55)72(7,8)9;/h10-43,46H,1-9H3;/q-3;. The van der Waals surface area contributed by atoms with E-state index in [4.69, 9.17) is 9.72 Å². The minimum Gasteiger partial charge on any atom is -0.509 e. The van der Waals surface area contributed by atoms with Crippen LogP contribution in [0, 0.1) is 18.8 Å². The number of hydrogen-bond acceptors (Lipinski definition) is 4. The fraction of sp³-hybridized carbons (Fsp3) is 0.167. The molecule has 0 saturated heterocycles. The monoisotopic (exact) mass is 1210 g/mol. The van der Waals surface area contributed by atoms with E-state index in [0.717, 1.165) is 67.2 Å². The molecule has 0 atom stereocenters. The van der Waals surface area contributed by atoms with E-state index >= 15 is 0 Å². The molecule has 0 saturated carbocycles. The van der Waals surface area contributed by atoms with Gasteiger partial charge in [-0.05, 0) is 127 Å². The molecule has 0 aliphatic carbocycles. The Morgan fingerprint density at radius 1 is 0.430 bits per heavy atom. The van der Waals surface area contributed by atoms with Crippen LogP contribution in [-0.4, -0.2) is 14.1 Å². The number of nitrogens with zero attached hydrogens (tertiary/aromatic N) is 5. The summed E-state index contributed by atoms with van der Waals surface area (Å²) >= 11 is 0. The summed E-state index contributed by atoms with van der Waals surface area (Å²) in [7, 11) is 0. The van der Waals surface area contributed by atoms with E-state index < -0.39 is 0 Å². The molecule has 0 spiro atoms. The summed E-state index contributed by atoms with van der Waals surface area (Å²) in [5.41, 5.74) is 18.0. The van der Waals surface area contributed by atoms with Gasteiger partial charge in [-0.15, -0.1) is 48.1 Å². The zero-order valence-corrected chi connectivity index (χ0v) is 48.4. The third-order valence-electron chi connectivity index (χ3n) is 15.5. The first-order valence-electron chi connectivity index (χ1n) is 27.1. The Labute approximate surface area is 478 Å². The molecule has 0 unspecified atom stereocenters. The van der Waals surface area contributed by atoms with Crippen molar-refractivity contribution in [1.29, 1.82) is 0 Å². The number of aromatic nitrogens is 3. The van der Waals surface area contributed by atoms with Crippen molar-refractivity contribution in [2.75, 3.05) is 9.80 Å². The van der Waals surface area contributed by atoms with Gasteiger partial charge in [0, 0.05) is 77.8 Å². The maximum Gasteiger partial charge on any atom is 0.135 e. The SMILES string of the molecule is CC(C)(C)c1cc(N2[CH-]N(c3[c-]c(Oc4[c-]c5c(cc4)c4cc(-c6ccc(-c7cccc8c7c7ccccc7n8-c7ccccc7)cc6)ccc4n5-c4cc(C(C)(C)C)ccn4)ccc3)c3ccccc32)cc(C(C)(C)C)c1.[Pt]. The molecular weight excluding hydrogens is 1150 g/mol. The minimum atomic E-state index is -0.0742. The molecule has 1 aliphatic heterocycles. The fourth-order valence-electron chi connectivity index (χ4n) is 11.2. The minimum absolute atomic E-state index is 0. The molecule has 0 N–H and O–H groups in total. The Hall–Kier alpha value is -8.18. The first-order chi connectivity index (χ1) is 37.5.